The van der Waals surface area contributed by atoms with Crippen LogP contribution >= 0.6 is 0 Å². The van der Waals surface area contributed by atoms with Crippen LogP contribution in [0.25, 0.3) is 11.1 Å². The summed E-state index contributed by atoms with van der Waals surface area (Å²) < 4.78 is 17.0. The molecule has 1 saturated heterocycles. The van der Waals surface area contributed by atoms with Crippen LogP contribution in [-0.4, -0.2) is 68.3 Å². The van der Waals surface area contributed by atoms with Crippen LogP contribution < -0.4 is 30.3 Å². The van der Waals surface area contributed by atoms with Crippen LogP contribution in [0, 0.1) is 5.92 Å². The van der Waals surface area contributed by atoms with Crippen molar-refractivity contribution in [2.45, 2.75) is 51.6 Å². The lowest BCUT2D eigenvalue weighted by molar-refractivity contribution is -0.145. The van der Waals surface area contributed by atoms with E-state index < -0.39 is 24.0 Å². The fourth-order valence-electron chi connectivity index (χ4n) is 5.74. The van der Waals surface area contributed by atoms with Crippen LogP contribution in [0.4, 0.5) is 5.69 Å². The Morgan fingerprint density at radius 2 is 1.68 bits per heavy atom. The van der Waals surface area contributed by atoms with Gasteiger partial charge in [-0.1, -0.05) is 6.07 Å². The lowest BCUT2D eigenvalue weighted by Gasteiger charge is -2.32. The van der Waals surface area contributed by atoms with Crippen LogP contribution in [-0.2, 0) is 20.8 Å². The number of benzene rings is 1. The Morgan fingerprint density at radius 3 is 2.27 bits per heavy atom. The van der Waals surface area contributed by atoms with E-state index in [0.717, 1.165) is 11.1 Å². The molecule has 0 radical (unpaired) electrons. The molecule has 2 aliphatic rings. The Labute approximate surface area is 238 Å². The minimum absolute atomic E-state index is 0.207. The number of anilines is 1. The molecule has 2 aromatic rings. The quantitative estimate of drug-likeness (QED) is 0.439. The molecule has 2 atom stereocenters. The molecule has 3 N–H and O–H groups in total. The van der Waals surface area contributed by atoms with Crippen molar-refractivity contribution < 1.29 is 33.7 Å². The van der Waals surface area contributed by atoms with Gasteiger partial charge in [-0.2, -0.15) is 0 Å². The number of carboxylic acids is 1. The van der Waals surface area contributed by atoms with Crippen molar-refractivity contribution in [2.75, 3.05) is 39.7 Å². The molecule has 1 fully saturated rings. The number of carboxylic acid groups (broad SMARTS) is 1. The predicted molar refractivity (Wildman–Crippen MR) is 153 cm³/mol. The second-order valence-corrected chi connectivity index (χ2v) is 10.4. The number of nitrogens with zero attached hydrogens (tertiary/aromatic N) is 1. The Balaban J connectivity index is 1.76. The van der Waals surface area contributed by atoms with E-state index in [1.54, 1.807) is 31.1 Å². The summed E-state index contributed by atoms with van der Waals surface area (Å²) in [6.45, 7) is 3.82. The third-order valence-corrected chi connectivity index (χ3v) is 7.81. The number of hydrogen-bond donors (Lipinski definition) is 3. The zero-order chi connectivity index (χ0) is 29.8. The van der Waals surface area contributed by atoms with Crippen molar-refractivity contribution in [2.24, 2.45) is 5.92 Å². The van der Waals surface area contributed by atoms with E-state index in [0.29, 0.717) is 67.1 Å². The highest BCUT2D eigenvalue weighted by molar-refractivity contribution is 5.86. The summed E-state index contributed by atoms with van der Waals surface area (Å²) in [5.41, 5.74) is 2.84. The van der Waals surface area contributed by atoms with E-state index in [1.165, 1.54) is 27.2 Å². The molecule has 4 rings (SSSR count). The first-order valence-electron chi connectivity index (χ1n) is 13.6. The third kappa shape index (κ3) is 6.08. The lowest BCUT2D eigenvalue weighted by atomic mass is 9.95. The molecule has 2 unspecified atom stereocenters. The number of nitrogens with one attached hydrogen (secondary N) is 2. The number of carbonyl (C=O) groups excluding carboxylic acids is 2. The molecule has 0 bridgehead atoms. The molecule has 41 heavy (non-hydrogen) atoms. The van der Waals surface area contributed by atoms with Crippen LogP contribution in [0.2, 0.25) is 0 Å². The van der Waals surface area contributed by atoms with Gasteiger partial charge in [0.05, 0.1) is 39.0 Å². The fourth-order valence-corrected chi connectivity index (χ4v) is 5.74. The van der Waals surface area contributed by atoms with Crippen LogP contribution in [0.3, 0.4) is 0 Å². The zero-order valence-corrected chi connectivity index (χ0v) is 24.0. The van der Waals surface area contributed by atoms with Crippen molar-refractivity contribution in [3.63, 3.8) is 0 Å². The average Bonchev–Trinajstić information content (AvgIpc) is 3.20. The van der Waals surface area contributed by atoms with Gasteiger partial charge in [0.2, 0.25) is 23.0 Å². The summed E-state index contributed by atoms with van der Waals surface area (Å²) in [6.07, 6.45) is 1.91. The van der Waals surface area contributed by atoms with E-state index >= 15 is 0 Å². The van der Waals surface area contributed by atoms with E-state index in [2.05, 4.69) is 10.6 Å². The van der Waals surface area contributed by atoms with Gasteiger partial charge in [-0.3, -0.25) is 19.2 Å². The monoisotopic (exact) mass is 567 g/mol. The van der Waals surface area contributed by atoms with Crippen molar-refractivity contribution >= 4 is 23.5 Å². The molecule has 220 valence electrons. The summed E-state index contributed by atoms with van der Waals surface area (Å²) in [4.78, 5) is 51.7. The summed E-state index contributed by atoms with van der Waals surface area (Å²) in [5.74, 6) is -0.353. The first kappa shape index (κ1) is 29.7. The van der Waals surface area contributed by atoms with Gasteiger partial charge in [-0.05, 0) is 67.5 Å². The van der Waals surface area contributed by atoms with Gasteiger partial charge in [0, 0.05) is 25.6 Å². The predicted octanol–water partition coefficient (Wildman–Crippen LogP) is 2.99. The van der Waals surface area contributed by atoms with Gasteiger partial charge < -0.3 is 34.9 Å². The van der Waals surface area contributed by atoms with Gasteiger partial charge in [0.25, 0.3) is 0 Å². The molecule has 11 nitrogen and oxygen atoms in total. The summed E-state index contributed by atoms with van der Waals surface area (Å²) in [6, 6.07) is 5.65. The van der Waals surface area contributed by atoms with Crippen molar-refractivity contribution in [1.29, 1.82) is 0 Å². The topological polar surface area (TPSA) is 144 Å². The van der Waals surface area contributed by atoms with Gasteiger partial charge in [-0.15, -0.1) is 0 Å². The molecule has 2 amide bonds. The van der Waals surface area contributed by atoms with E-state index in [9.17, 15) is 24.3 Å². The molecular formula is C30H37N3O8. The number of amides is 2. The molecular weight excluding hydrogens is 530 g/mol. The Bertz CT molecular complexity index is 1400. The van der Waals surface area contributed by atoms with Crippen LogP contribution in [0.1, 0.15) is 50.3 Å². The minimum Gasteiger partial charge on any atom is -0.493 e. The Kier molecular flexibility index (Phi) is 9.05. The second-order valence-electron chi connectivity index (χ2n) is 10.4. The highest BCUT2D eigenvalue weighted by Crippen LogP contribution is 2.50. The second kappa shape index (κ2) is 12.5. The van der Waals surface area contributed by atoms with Crippen LogP contribution in [0.5, 0.6) is 17.2 Å². The Morgan fingerprint density at radius 1 is 1.00 bits per heavy atom. The number of likely N-dealkylation sites (tertiary alicyclic amines) is 1. The maximum absolute atomic E-state index is 13.5. The molecule has 1 heterocycles. The number of piperidine rings is 1. The molecule has 1 aliphatic heterocycles. The molecule has 0 spiro atoms. The maximum atomic E-state index is 13.5. The maximum Gasteiger partial charge on any atom is 0.306 e. The smallest absolute Gasteiger partial charge is 0.306 e. The zero-order valence-electron chi connectivity index (χ0n) is 24.0. The van der Waals surface area contributed by atoms with E-state index in [4.69, 9.17) is 14.2 Å². The third-order valence-electron chi connectivity index (χ3n) is 7.81. The summed E-state index contributed by atoms with van der Waals surface area (Å²) in [7, 11) is 4.61. The highest BCUT2D eigenvalue weighted by atomic mass is 16.5. The number of carbonyl (C=O) groups is 3. The molecule has 2 aromatic carbocycles. The number of ether oxygens (including phenoxy) is 3. The largest absolute Gasteiger partial charge is 0.493 e. The molecule has 0 aromatic heterocycles. The first-order chi connectivity index (χ1) is 19.6. The first-order valence-corrected chi connectivity index (χ1v) is 13.6. The normalized spacial score (nSPS) is 17.3. The SMILES string of the molecule is COc1cc2c(c(OC)c1OC)-c1ccc(NC(C)C(=O)N3CCC(C(=O)O)CC3)c(=O)cc1C(NC(C)=O)CC2. The molecule has 11 heteroatoms. The van der Waals surface area contributed by atoms with Crippen molar-refractivity contribution in [3.8, 4) is 28.4 Å². The average molecular weight is 568 g/mol. The Hall–Kier alpha value is -4.28. The van der Waals surface area contributed by atoms with Crippen molar-refractivity contribution in [3.05, 3.63) is 45.6 Å². The van der Waals surface area contributed by atoms with Gasteiger partial charge in [0.15, 0.2) is 11.5 Å². The lowest BCUT2D eigenvalue weighted by Crippen LogP contribution is -2.46. The van der Waals surface area contributed by atoms with E-state index in [-0.39, 0.29) is 22.9 Å². The van der Waals surface area contributed by atoms with Gasteiger partial charge in [-0.25, -0.2) is 0 Å². The van der Waals surface area contributed by atoms with Crippen LogP contribution in [0.15, 0.2) is 29.1 Å². The minimum atomic E-state index is -0.845. The number of rotatable bonds is 8. The fraction of sp³-hybridized carbons (Fsp3) is 0.467. The number of methoxy groups -OCH3 is 3. The van der Waals surface area contributed by atoms with Gasteiger partial charge >= 0.3 is 5.97 Å². The van der Waals surface area contributed by atoms with Gasteiger partial charge in [0.1, 0.15) is 6.04 Å². The standard InChI is InChI=1S/C30H37N3O8/c1-16(29(36)33-12-10-18(11-13-33)30(37)38)31-23-9-7-20-21(15-24(23)35)22(32-17(2)34)8-6-19-14-25(39-3)27(40-4)28(41-5)26(19)20/h7,9,14-16,18,22H,6,8,10-13H2,1-5H3,(H,31,35)(H,32,34)(H,37,38). The summed E-state index contributed by atoms with van der Waals surface area (Å²) in [5, 5.41) is 15.3. The number of aliphatic carboxylic acids is 1. The van der Waals surface area contributed by atoms with Crippen molar-refractivity contribution in [1.82, 2.24) is 10.2 Å². The number of fused-ring (bicyclic) bond motifs is 3. The highest BCUT2D eigenvalue weighted by Gasteiger charge is 2.31. The summed E-state index contributed by atoms with van der Waals surface area (Å²) >= 11 is 0. The van der Waals surface area contributed by atoms with E-state index in [1.807, 2.05) is 6.07 Å². The number of aryl methyl sites for hydroxylation is 1. The molecule has 0 saturated carbocycles. The number of hydrogen-bond acceptors (Lipinski definition) is 8. The molecule has 1 aliphatic carbocycles.